The van der Waals surface area contributed by atoms with Crippen molar-refractivity contribution in [2.75, 3.05) is 11.9 Å². The van der Waals surface area contributed by atoms with Crippen LogP contribution in [0.3, 0.4) is 0 Å². The molecule has 0 aliphatic carbocycles. The van der Waals surface area contributed by atoms with Crippen LogP contribution < -0.4 is 10.9 Å². The lowest BCUT2D eigenvalue weighted by molar-refractivity contribution is -0.150. The van der Waals surface area contributed by atoms with Gasteiger partial charge in [-0.25, -0.2) is 4.98 Å². The molecule has 160 valence electrons. The second kappa shape index (κ2) is 9.65. The quantitative estimate of drug-likeness (QED) is 0.584. The molecule has 1 amide bonds. The minimum absolute atomic E-state index is 0.104. The Bertz CT molecular complexity index is 930. The van der Waals surface area contributed by atoms with Gasteiger partial charge < -0.3 is 20.5 Å². The van der Waals surface area contributed by atoms with Crippen LogP contribution >= 0.6 is 0 Å². The number of anilines is 1. The average Bonchev–Trinajstić information content (AvgIpc) is 2.67. The van der Waals surface area contributed by atoms with Gasteiger partial charge in [-0.15, -0.1) is 0 Å². The predicted molar refractivity (Wildman–Crippen MR) is 113 cm³/mol. The summed E-state index contributed by atoms with van der Waals surface area (Å²) in [5.41, 5.74) is -0.577. The van der Waals surface area contributed by atoms with Gasteiger partial charge >= 0.3 is 5.97 Å². The first kappa shape index (κ1) is 24.3. The number of carboxylic acids is 1. The van der Waals surface area contributed by atoms with Gasteiger partial charge in [-0.3, -0.25) is 14.4 Å². The minimum Gasteiger partial charge on any atom is -0.481 e. The third kappa shape index (κ3) is 5.87. The second-order valence-corrected chi connectivity index (χ2v) is 7.92. The molecule has 1 atom stereocenters. The van der Waals surface area contributed by atoms with Crippen molar-refractivity contribution in [2.45, 2.75) is 54.4 Å². The lowest BCUT2D eigenvalue weighted by Gasteiger charge is -2.21. The van der Waals surface area contributed by atoms with E-state index in [0.29, 0.717) is 28.8 Å². The Morgan fingerprint density at radius 3 is 2.24 bits per heavy atom. The maximum absolute atomic E-state index is 12.2. The molecule has 0 aliphatic heterocycles. The smallest absolute Gasteiger partial charge is 0.311 e. The molecule has 1 unspecified atom stereocenters. The summed E-state index contributed by atoms with van der Waals surface area (Å²) >= 11 is 0. The van der Waals surface area contributed by atoms with Gasteiger partial charge in [-0.05, 0) is 38.8 Å². The van der Waals surface area contributed by atoms with E-state index >= 15 is 0 Å². The first-order valence-corrected chi connectivity index (χ1v) is 9.57. The number of rotatable bonds is 6. The van der Waals surface area contributed by atoms with Gasteiger partial charge in [0, 0.05) is 5.41 Å². The molecule has 0 bridgehead atoms. The van der Waals surface area contributed by atoms with Crippen molar-refractivity contribution in [3.8, 4) is 0 Å². The molecule has 1 aromatic carbocycles. The number of hydrogen-bond donors (Lipinski definition) is 4. The number of carboxylic acid groups (broad SMARTS) is 1. The zero-order chi connectivity index (χ0) is 22.4. The van der Waals surface area contributed by atoms with Gasteiger partial charge in [0.05, 0.1) is 28.6 Å². The van der Waals surface area contributed by atoms with Crippen molar-refractivity contribution >= 4 is 28.5 Å². The Balaban J connectivity index is 0.000000396. The van der Waals surface area contributed by atoms with Crippen molar-refractivity contribution in [1.82, 2.24) is 9.97 Å². The van der Waals surface area contributed by atoms with Crippen LogP contribution in [0.4, 0.5) is 5.69 Å². The lowest BCUT2D eigenvalue weighted by Crippen LogP contribution is -2.30. The first-order chi connectivity index (χ1) is 13.4. The molecule has 0 fully saturated rings. The van der Waals surface area contributed by atoms with E-state index < -0.39 is 16.8 Å². The van der Waals surface area contributed by atoms with Crippen molar-refractivity contribution in [1.29, 1.82) is 0 Å². The van der Waals surface area contributed by atoms with Gasteiger partial charge in [0.2, 0.25) is 5.91 Å². The molecule has 8 nitrogen and oxygen atoms in total. The fraction of sp³-hybridized carbons (Fsp3) is 0.524. The molecule has 1 heterocycles. The molecular weight excluding hydrogens is 374 g/mol. The van der Waals surface area contributed by atoms with Crippen LogP contribution in [0.2, 0.25) is 0 Å². The van der Waals surface area contributed by atoms with Crippen molar-refractivity contribution < 1.29 is 19.8 Å². The Hall–Kier alpha value is -2.74. The van der Waals surface area contributed by atoms with Crippen molar-refractivity contribution in [3.05, 3.63) is 34.4 Å². The summed E-state index contributed by atoms with van der Waals surface area (Å²) < 4.78 is 0. The van der Waals surface area contributed by atoms with Gasteiger partial charge in [0.15, 0.2) is 0 Å². The summed E-state index contributed by atoms with van der Waals surface area (Å²) in [6, 6.07) is 5.26. The average molecular weight is 405 g/mol. The van der Waals surface area contributed by atoms with E-state index in [0.717, 1.165) is 6.42 Å². The Morgan fingerprint density at radius 2 is 1.79 bits per heavy atom. The third-order valence-corrected chi connectivity index (χ3v) is 5.24. The highest BCUT2D eigenvalue weighted by molar-refractivity contribution is 6.02. The number of aromatic amines is 1. The summed E-state index contributed by atoms with van der Waals surface area (Å²) in [7, 11) is 0. The standard InChI is InChI=1S/C15H19N3O2.C6H12O3/c1-5-15(3,4)14(20)18-11-8-6-7-10-12(11)13(19)17-9(2)16-10;1-3-6(2,4-7)5(8)9/h6-8H,5H2,1-4H3,(H,18,20)(H,16,17,19);7H,3-4H2,1-2H3,(H,8,9). The summed E-state index contributed by atoms with van der Waals surface area (Å²) in [6.45, 7) is 10.4. The third-order valence-electron chi connectivity index (χ3n) is 5.24. The van der Waals surface area contributed by atoms with Crippen molar-refractivity contribution in [3.63, 3.8) is 0 Å². The van der Waals surface area contributed by atoms with Gasteiger partial charge in [0.25, 0.3) is 5.56 Å². The van der Waals surface area contributed by atoms with E-state index in [9.17, 15) is 14.4 Å². The van der Waals surface area contributed by atoms with Crippen LogP contribution in [0, 0.1) is 17.8 Å². The summed E-state index contributed by atoms with van der Waals surface area (Å²) in [4.78, 5) is 41.6. The topological polar surface area (TPSA) is 132 Å². The number of fused-ring (bicyclic) bond motifs is 1. The van der Waals surface area contributed by atoms with Crippen LogP contribution in [0.1, 0.15) is 53.3 Å². The zero-order valence-electron chi connectivity index (χ0n) is 17.9. The van der Waals surface area contributed by atoms with E-state index in [2.05, 4.69) is 15.3 Å². The highest BCUT2D eigenvalue weighted by Gasteiger charge is 2.29. The Labute approximate surface area is 170 Å². The van der Waals surface area contributed by atoms with Crippen LogP contribution in [-0.4, -0.2) is 38.7 Å². The molecule has 0 radical (unpaired) electrons. The van der Waals surface area contributed by atoms with Crippen LogP contribution in [0.5, 0.6) is 0 Å². The highest BCUT2D eigenvalue weighted by Crippen LogP contribution is 2.25. The van der Waals surface area contributed by atoms with Gasteiger partial charge in [0.1, 0.15) is 5.82 Å². The lowest BCUT2D eigenvalue weighted by atomic mass is 9.89. The molecule has 0 spiro atoms. The first-order valence-electron chi connectivity index (χ1n) is 9.57. The minimum atomic E-state index is -0.944. The molecule has 0 saturated heterocycles. The summed E-state index contributed by atoms with van der Waals surface area (Å²) in [5, 5.41) is 20.3. The largest absolute Gasteiger partial charge is 0.481 e. The van der Waals surface area contributed by atoms with Gasteiger partial charge in [-0.2, -0.15) is 0 Å². The number of aromatic nitrogens is 2. The Kier molecular flexibility index (Phi) is 8.08. The molecular formula is C21H31N3O5. The Morgan fingerprint density at radius 1 is 1.17 bits per heavy atom. The van der Waals surface area contributed by atoms with Crippen LogP contribution in [-0.2, 0) is 9.59 Å². The number of aliphatic carboxylic acids is 1. The van der Waals surface area contributed by atoms with E-state index in [1.54, 1.807) is 32.0 Å². The molecule has 4 N–H and O–H groups in total. The SMILES string of the molecule is CCC(C)(C)C(=O)Nc1cccc2nc(C)[nH]c(=O)c12.CCC(C)(CO)C(=O)O. The predicted octanol–water partition coefficient (Wildman–Crippen LogP) is 3.09. The van der Waals surface area contributed by atoms with Crippen LogP contribution in [0.15, 0.2) is 23.0 Å². The van der Waals surface area contributed by atoms with Crippen LogP contribution in [0.25, 0.3) is 10.9 Å². The molecule has 29 heavy (non-hydrogen) atoms. The van der Waals surface area contributed by atoms with E-state index in [4.69, 9.17) is 10.2 Å². The molecule has 0 saturated carbocycles. The number of aliphatic hydroxyl groups excluding tert-OH is 1. The van der Waals surface area contributed by atoms with E-state index in [1.165, 1.54) is 6.92 Å². The maximum atomic E-state index is 12.2. The summed E-state index contributed by atoms with van der Waals surface area (Å²) in [5.74, 6) is -0.486. The maximum Gasteiger partial charge on any atom is 0.311 e. The number of H-pyrrole nitrogens is 1. The monoisotopic (exact) mass is 405 g/mol. The molecule has 2 rings (SSSR count). The summed E-state index contributed by atoms with van der Waals surface area (Å²) in [6.07, 6.45) is 1.18. The normalized spacial score (nSPS) is 13.2. The van der Waals surface area contributed by atoms with Crippen molar-refractivity contribution in [2.24, 2.45) is 10.8 Å². The molecule has 8 heteroatoms. The number of nitrogens with zero attached hydrogens (tertiary/aromatic N) is 1. The number of aliphatic hydroxyl groups is 1. The van der Waals surface area contributed by atoms with E-state index in [-0.39, 0.29) is 18.1 Å². The number of aryl methyl sites for hydroxylation is 1. The highest BCUT2D eigenvalue weighted by atomic mass is 16.4. The van der Waals surface area contributed by atoms with Gasteiger partial charge in [-0.1, -0.05) is 33.8 Å². The number of hydrogen-bond acceptors (Lipinski definition) is 5. The molecule has 2 aromatic rings. The number of benzene rings is 1. The zero-order valence-corrected chi connectivity index (χ0v) is 17.9. The number of amides is 1. The molecule has 1 aromatic heterocycles. The fourth-order valence-electron chi connectivity index (χ4n) is 2.19. The fourth-order valence-corrected chi connectivity index (χ4v) is 2.19. The second-order valence-electron chi connectivity index (χ2n) is 7.92. The number of nitrogens with one attached hydrogen (secondary N) is 2. The molecule has 0 aliphatic rings. The van der Waals surface area contributed by atoms with E-state index in [1.807, 2.05) is 20.8 Å². The number of carbonyl (C=O) groups excluding carboxylic acids is 1. The number of carbonyl (C=O) groups is 2.